The normalized spacial score (nSPS) is 8.13. The van der Waals surface area contributed by atoms with Gasteiger partial charge in [0.05, 0.1) is 13.2 Å². The van der Waals surface area contributed by atoms with Crippen LogP contribution in [0.2, 0.25) is 0 Å². The van der Waals surface area contributed by atoms with Crippen LogP contribution >= 0.6 is 0 Å². The van der Waals surface area contributed by atoms with E-state index in [-0.39, 0.29) is 32.7 Å². The van der Waals surface area contributed by atoms with E-state index < -0.39 is 18.2 Å². The van der Waals surface area contributed by atoms with E-state index in [1.54, 1.807) is 24.5 Å². The standard InChI is InChI=1S/C7H12N2O5.Rh/c1-3-13-6(11)8-5(10)9-7(12)14-4-2;/h3-4H2,1-2H3,(H2,8,9,10,11,12);. The predicted molar refractivity (Wildman–Crippen MR) is 45.7 cm³/mol. The number of hydrogen-bond acceptors (Lipinski definition) is 5. The minimum atomic E-state index is -0.984. The molecule has 4 amide bonds. The van der Waals surface area contributed by atoms with Crippen LogP contribution < -0.4 is 10.6 Å². The Kier molecular flexibility index (Phi) is 10.2. The Hall–Kier alpha value is -1.17. The maximum atomic E-state index is 10.8. The van der Waals surface area contributed by atoms with Crippen LogP contribution in [-0.2, 0) is 29.0 Å². The van der Waals surface area contributed by atoms with Crippen molar-refractivity contribution in [3.63, 3.8) is 0 Å². The first-order valence-corrected chi connectivity index (χ1v) is 4.01. The first-order chi connectivity index (χ1) is 6.60. The molecule has 0 aliphatic rings. The van der Waals surface area contributed by atoms with E-state index in [1.165, 1.54) is 0 Å². The zero-order valence-corrected chi connectivity index (χ0v) is 9.93. The zero-order chi connectivity index (χ0) is 11.0. The van der Waals surface area contributed by atoms with Gasteiger partial charge in [-0.2, -0.15) is 0 Å². The van der Waals surface area contributed by atoms with Crippen LogP contribution in [0.5, 0.6) is 0 Å². The molecule has 0 bridgehead atoms. The van der Waals surface area contributed by atoms with Gasteiger partial charge in [0.2, 0.25) is 0 Å². The first kappa shape index (κ1) is 16.3. The molecule has 0 atom stereocenters. The van der Waals surface area contributed by atoms with Crippen LogP contribution in [0, 0.1) is 0 Å². The third-order valence-corrected chi connectivity index (χ3v) is 0.982. The fraction of sp³-hybridized carbons (Fsp3) is 0.571. The van der Waals surface area contributed by atoms with Crippen molar-refractivity contribution in [2.45, 2.75) is 13.8 Å². The Bertz CT molecular complexity index is 211. The molecular weight excluding hydrogens is 295 g/mol. The van der Waals surface area contributed by atoms with E-state index in [1.807, 2.05) is 0 Å². The van der Waals surface area contributed by atoms with Gasteiger partial charge in [0, 0.05) is 19.5 Å². The SMILES string of the molecule is CCOC(=O)NC(=O)NC(=O)OCC.[Rh]. The number of carbonyl (C=O) groups excluding carboxylic acids is 3. The second kappa shape index (κ2) is 9.39. The zero-order valence-electron chi connectivity index (χ0n) is 8.29. The number of nitrogens with one attached hydrogen (secondary N) is 2. The summed E-state index contributed by atoms with van der Waals surface area (Å²) in [6.45, 7) is 3.45. The summed E-state index contributed by atoms with van der Waals surface area (Å²) >= 11 is 0. The Morgan fingerprint density at radius 2 is 1.27 bits per heavy atom. The van der Waals surface area contributed by atoms with E-state index in [2.05, 4.69) is 9.47 Å². The molecule has 0 fully saturated rings. The van der Waals surface area contributed by atoms with Crippen LogP contribution in [0.3, 0.4) is 0 Å². The van der Waals surface area contributed by atoms with Gasteiger partial charge in [-0.15, -0.1) is 0 Å². The molecule has 0 heterocycles. The molecule has 0 aromatic heterocycles. The molecule has 0 aliphatic carbocycles. The molecule has 15 heavy (non-hydrogen) atoms. The summed E-state index contributed by atoms with van der Waals surface area (Å²) in [4.78, 5) is 32.1. The van der Waals surface area contributed by atoms with Gasteiger partial charge in [0.15, 0.2) is 0 Å². The van der Waals surface area contributed by atoms with Gasteiger partial charge >= 0.3 is 18.2 Å². The number of hydrogen-bond donors (Lipinski definition) is 2. The molecule has 8 heteroatoms. The molecular formula is C7H12N2O5Rh. The van der Waals surface area contributed by atoms with E-state index in [4.69, 9.17) is 0 Å². The predicted octanol–water partition coefficient (Wildman–Crippen LogP) is 0.596. The van der Waals surface area contributed by atoms with E-state index in [0.29, 0.717) is 0 Å². The van der Waals surface area contributed by atoms with Crippen LogP contribution in [0.4, 0.5) is 14.4 Å². The molecule has 0 aliphatic heterocycles. The summed E-state index contributed by atoms with van der Waals surface area (Å²) in [5, 5.41) is 3.52. The van der Waals surface area contributed by atoms with Crippen molar-refractivity contribution in [2.24, 2.45) is 0 Å². The molecule has 89 valence electrons. The van der Waals surface area contributed by atoms with Crippen molar-refractivity contribution < 1.29 is 43.3 Å². The molecule has 0 saturated heterocycles. The van der Waals surface area contributed by atoms with Crippen molar-refractivity contribution in [1.82, 2.24) is 10.6 Å². The minimum absolute atomic E-state index is 0. The summed E-state index contributed by atoms with van der Waals surface area (Å²) in [6.07, 6.45) is -1.84. The van der Waals surface area contributed by atoms with Crippen LogP contribution in [0.25, 0.3) is 0 Å². The minimum Gasteiger partial charge on any atom is -0.450 e. The average molecular weight is 307 g/mol. The quantitative estimate of drug-likeness (QED) is 0.729. The van der Waals surface area contributed by atoms with E-state index >= 15 is 0 Å². The summed E-state index contributed by atoms with van der Waals surface area (Å²) < 4.78 is 8.78. The second-order valence-electron chi connectivity index (χ2n) is 2.02. The molecule has 0 rings (SSSR count). The van der Waals surface area contributed by atoms with E-state index in [9.17, 15) is 14.4 Å². The summed E-state index contributed by atoms with van der Waals surface area (Å²) in [7, 11) is 0. The smallest absolute Gasteiger partial charge is 0.415 e. The number of urea groups is 1. The average Bonchev–Trinajstić information content (AvgIpc) is 2.03. The molecule has 0 aromatic carbocycles. The van der Waals surface area contributed by atoms with Crippen molar-refractivity contribution in [2.75, 3.05) is 13.2 Å². The molecule has 7 nitrogen and oxygen atoms in total. The Morgan fingerprint density at radius 1 is 0.933 bits per heavy atom. The third-order valence-electron chi connectivity index (χ3n) is 0.982. The topological polar surface area (TPSA) is 93.7 Å². The molecule has 1 radical (unpaired) electrons. The van der Waals surface area contributed by atoms with Crippen molar-refractivity contribution in [3.8, 4) is 0 Å². The second-order valence-corrected chi connectivity index (χ2v) is 2.02. The van der Waals surface area contributed by atoms with Crippen LogP contribution in [0.15, 0.2) is 0 Å². The van der Waals surface area contributed by atoms with Gasteiger partial charge in [-0.1, -0.05) is 0 Å². The largest absolute Gasteiger partial charge is 0.450 e. The van der Waals surface area contributed by atoms with Gasteiger partial charge in [-0.05, 0) is 13.8 Å². The molecule has 0 unspecified atom stereocenters. The van der Waals surface area contributed by atoms with E-state index in [0.717, 1.165) is 0 Å². The van der Waals surface area contributed by atoms with Gasteiger partial charge < -0.3 is 9.47 Å². The molecule has 0 aromatic rings. The van der Waals surface area contributed by atoms with Crippen molar-refractivity contribution in [1.29, 1.82) is 0 Å². The summed E-state index contributed by atoms with van der Waals surface area (Å²) in [6, 6.07) is -0.984. The Balaban J connectivity index is 0. The summed E-state index contributed by atoms with van der Waals surface area (Å²) in [5.74, 6) is 0. The fourth-order valence-corrected chi connectivity index (χ4v) is 0.551. The van der Waals surface area contributed by atoms with Gasteiger partial charge in [0.25, 0.3) is 0 Å². The van der Waals surface area contributed by atoms with Crippen LogP contribution in [0.1, 0.15) is 13.8 Å². The maximum Gasteiger partial charge on any atom is 0.415 e. The van der Waals surface area contributed by atoms with Gasteiger partial charge in [0.1, 0.15) is 0 Å². The monoisotopic (exact) mass is 307 g/mol. The van der Waals surface area contributed by atoms with Crippen molar-refractivity contribution >= 4 is 18.2 Å². The Labute approximate surface area is 99.6 Å². The first-order valence-electron chi connectivity index (χ1n) is 4.01. The number of ether oxygens (including phenoxy) is 2. The van der Waals surface area contributed by atoms with Gasteiger partial charge in [-0.25, -0.2) is 25.0 Å². The number of alkyl carbamates (subject to hydrolysis) is 2. The molecule has 2 N–H and O–H groups in total. The summed E-state index contributed by atoms with van der Waals surface area (Å²) in [5.41, 5.74) is 0. The molecule has 0 saturated carbocycles. The number of amides is 4. The van der Waals surface area contributed by atoms with Crippen molar-refractivity contribution in [3.05, 3.63) is 0 Å². The number of carbonyl (C=O) groups is 3. The Morgan fingerprint density at radius 3 is 1.53 bits per heavy atom. The van der Waals surface area contributed by atoms with Gasteiger partial charge in [-0.3, -0.25) is 0 Å². The van der Waals surface area contributed by atoms with Crippen LogP contribution in [-0.4, -0.2) is 31.4 Å². The number of rotatable bonds is 2. The number of imide groups is 2. The molecule has 0 spiro atoms. The fourth-order valence-electron chi connectivity index (χ4n) is 0.551. The third kappa shape index (κ3) is 9.15. The maximum absolute atomic E-state index is 10.8.